The molecule has 1 aromatic heterocycles. The van der Waals surface area contributed by atoms with E-state index in [1.807, 2.05) is 0 Å². The number of hydrogen-bond donors (Lipinski definition) is 3. The summed E-state index contributed by atoms with van der Waals surface area (Å²) in [5.41, 5.74) is 2.59. The number of benzene rings is 3. The molecule has 0 saturated heterocycles. The number of aromatic nitrogens is 1. The number of hydrogen-bond acceptors (Lipinski definition) is 5. The molecule has 204 valence electrons. The van der Waals surface area contributed by atoms with Gasteiger partial charge in [0, 0.05) is 23.7 Å². The molecule has 0 aliphatic heterocycles. The van der Waals surface area contributed by atoms with E-state index in [9.17, 15) is 23.6 Å². The predicted octanol–water partition coefficient (Wildman–Crippen LogP) is 3.84. The molecular formula is C31H29FN4O4. The average molecular weight is 541 g/mol. The maximum Gasteiger partial charge on any atom is 0.275 e. The van der Waals surface area contributed by atoms with Gasteiger partial charge in [0.1, 0.15) is 11.5 Å². The van der Waals surface area contributed by atoms with Crippen LogP contribution in [-0.4, -0.2) is 42.3 Å². The zero-order chi connectivity index (χ0) is 28.8. The van der Waals surface area contributed by atoms with E-state index < -0.39 is 17.4 Å². The Morgan fingerprint density at radius 3 is 2.25 bits per heavy atom. The minimum atomic E-state index is -0.522. The predicted molar refractivity (Wildman–Crippen MR) is 152 cm³/mol. The summed E-state index contributed by atoms with van der Waals surface area (Å²) in [5, 5.41) is 8.11. The van der Waals surface area contributed by atoms with Crippen LogP contribution in [0.2, 0.25) is 0 Å². The number of amides is 2. The molecule has 0 saturated carbocycles. The Bertz CT molecular complexity index is 1630. The number of nitrogens with one attached hydrogen (secondary N) is 3. The quantitative estimate of drug-likeness (QED) is 0.280. The highest BCUT2D eigenvalue weighted by Crippen LogP contribution is 2.23. The van der Waals surface area contributed by atoms with E-state index >= 15 is 0 Å². The van der Waals surface area contributed by atoms with Gasteiger partial charge in [-0.1, -0.05) is 30.3 Å². The first kappa shape index (κ1) is 28.1. The fourth-order valence-corrected chi connectivity index (χ4v) is 4.18. The largest absolute Gasteiger partial charge is 0.355 e. The first-order chi connectivity index (χ1) is 19.2. The van der Waals surface area contributed by atoms with Crippen molar-refractivity contribution in [2.45, 2.75) is 19.5 Å². The van der Waals surface area contributed by atoms with Crippen molar-refractivity contribution in [2.24, 2.45) is 0 Å². The SMILES string of the molecule is CNC(=O)c1cccc(-c2ccc(NC(=O)[C@@H](C)NC)c(=O)n2Cc2cccc(C(=O)c3ccc(F)cc3)c2)c1. The maximum absolute atomic E-state index is 13.7. The molecule has 1 heterocycles. The van der Waals surface area contributed by atoms with Crippen LogP contribution in [0.1, 0.15) is 38.8 Å². The van der Waals surface area contributed by atoms with Crippen LogP contribution in [0, 0.1) is 5.82 Å². The zero-order valence-corrected chi connectivity index (χ0v) is 22.3. The molecule has 0 radical (unpaired) electrons. The summed E-state index contributed by atoms with van der Waals surface area (Å²) < 4.78 is 14.8. The summed E-state index contributed by atoms with van der Waals surface area (Å²) in [5.74, 6) is -1.36. The molecule has 0 spiro atoms. The summed E-state index contributed by atoms with van der Waals surface area (Å²) in [6.07, 6.45) is 0. The molecule has 4 aromatic rings. The summed E-state index contributed by atoms with van der Waals surface area (Å²) in [7, 11) is 3.18. The number of rotatable bonds is 9. The van der Waals surface area contributed by atoms with Gasteiger partial charge in [-0.05, 0) is 79.7 Å². The molecule has 8 nitrogen and oxygen atoms in total. The lowest BCUT2D eigenvalue weighted by atomic mass is 10.0. The lowest BCUT2D eigenvalue weighted by molar-refractivity contribution is -0.117. The van der Waals surface area contributed by atoms with Crippen LogP contribution < -0.4 is 21.5 Å². The monoisotopic (exact) mass is 540 g/mol. The van der Waals surface area contributed by atoms with Crippen molar-refractivity contribution in [3.63, 3.8) is 0 Å². The number of carbonyl (C=O) groups is 3. The smallest absolute Gasteiger partial charge is 0.275 e. The average Bonchev–Trinajstić information content (AvgIpc) is 2.98. The van der Waals surface area contributed by atoms with Crippen LogP contribution in [-0.2, 0) is 11.3 Å². The summed E-state index contributed by atoms with van der Waals surface area (Å²) in [6, 6.07) is 21.7. The second-order valence-corrected chi connectivity index (χ2v) is 9.22. The lowest BCUT2D eigenvalue weighted by Crippen LogP contribution is -2.37. The van der Waals surface area contributed by atoms with E-state index in [0.29, 0.717) is 33.5 Å². The highest BCUT2D eigenvalue weighted by atomic mass is 19.1. The van der Waals surface area contributed by atoms with E-state index in [0.717, 1.165) is 0 Å². The Morgan fingerprint density at radius 2 is 1.55 bits per heavy atom. The van der Waals surface area contributed by atoms with Crippen LogP contribution in [0.15, 0.2) is 89.7 Å². The molecule has 1 atom stereocenters. The molecule has 0 bridgehead atoms. The third-order valence-electron chi connectivity index (χ3n) is 6.54. The van der Waals surface area contributed by atoms with Crippen molar-refractivity contribution >= 4 is 23.3 Å². The molecule has 9 heteroatoms. The molecule has 0 unspecified atom stereocenters. The number of anilines is 1. The van der Waals surface area contributed by atoms with Crippen molar-refractivity contribution in [1.82, 2.24) is 15.2 Å². The molecular weight excluding hydrogens is 511 g/mol. The first-order valence-electron chi connectivity index (χ1n) is 12.7. The summed E-state index contributed by atoms with van der Waals surface area (Å²) in [4.78, 5) is 51.5. The van der Waals surface area contributed by atoms with Gasteiger partial charge in [-0.3, -0.25) is 19.2 Å². The van der Waals surface area contributed by atoms with E-state index in [4.69, 9.17) is 0 Å². The maximum atomic E-state index is 13.7. The summed E-state index contributed by atoms with van der Waals surface area (Å²) in [6.45, 7) is 1.75. The van der Waals surface area contributed by atoms with Crippen LogP contribution >= 0.6 is 0 Å². The van der Waals surface area contributed by atoms with Gasteiger partial charge >= 0.3 is 0 Å². The number of nitrogens with zero attached hydrogens (tertiary/aromatic N) is 1. The zero-order valence-electron chi connectivity index (χ0n) is 22.3. The standard InChI is InChI=1S/C31H29FN4O4/c1-19(33-2)29(38)35-26-14-15-27(22-7-5-9-24(17-22)30(39)34-3)36(31(26)40)18-20-6-4-8-23(16-20)28(37)21-10-12-25(32)13-11-21/h4-17,19,33H,18H2,1-3H3,(H,34,39)(H,35,38)/t19-/m1/s1. The Kier molecular flexibility index (Phi) is 8.66. The fourth-order valence-electron chi connectivity index (χ4n) is 4.18. The van der Waals surface area contributed by atoms with Crippen LogP contribution in [0.5, 0.6) is 0 Å². The third kappa shape index (κ3) is 6.22. The Balaban J connectivity index is 1.78. The molecule has 3 N–H and O–H groups in total. The summed E-state index contributed by atoms with van der Waals surface area (Å²) >= 11 is 0. The third-order valence-corrected chi connectivity index (χ3v) is 6.54. The Hall–Kier alpha value is -4.89. The van der Waals surface area contributed by atoms with E-state index in [2.05, 4.69) is 16.0 Å². The fraction of sp³-hybridized carbons (Fsp3) is 0.161. The topological polar surface area (TPSA) is 109 Å². The first-order valence-corrected chi connectivity index (χ1v) is 12.7. The van der Waals surface area contributed by atoms with Gasteiger partial charge in [-0.15, -0.1) is 0 Å². The van der Waals surface area contributed by atoms with Crippen molar-refractivity contribution < 1.29 is 18.8 Å². The molecule has 0 aliphatic carbocycles. The van der Waals surface area contributed by atoms with Gasteiger partial charge < -0.3 is 20.5 Å². The van der Waals surface area contributed by atoms with Crippen LogP contribution in [0.3, 0.4) is 0 Å². The molecule has 0 fully saturated rings. The van der Waals surface area contributed by atoms with E-state index in [1.54, 1.807) is 68.6 Å². The lowest BCUT2D eigenvalue weighted by Gasteiger charge is -2.17. The van der Waals surface area contributed by atoms with Crippen molar-refractivity contribution in [1.29, 1.82) is 0 Å². The number of likely N-dealkylation sites (N-methyl/N-ethyl adjacent to an activating group) is 1. The normalized spacial score (nSPS) is 11.5. The van der Waals surface area contributed by atoms with Crippen LogP contribution in [0.25, 0.3) is 11.3 Å². The van der Waals surface area contributed by atoms with E-state index in [-0.39, 0.29) is 29.8 Å². The second-order valence-electron chi connectivity index (χ2n) is 9.22. The van der Waals surface area contributed by atoms with Crippen LogP contribution in [0.4, 0.5) is 10.1 Å². The number of halogens is 1. The Morgan fingerprint density at radius 1 is 0.850 bits per heavy atom. The number of pyridine rings is 1. The highest BCUT2D eigenvalue weighted by Gasteiger charge is 2.17. The minimum absolute atomic E-state index is 0.0776. The highest BCUT2D eigenvalue weighted by molar-refractivity contribution is 6.09. The van der Waals surface area contributed by atoms with Gasteiger partial charge in [0.15, 0.2) is 5.78 Å². The van der Waals surface area contributed by atoms with Gasteiger partial charge in [-0.25, -0.2) is 4.39 Å². The van der Waals surface area contributed by atoms with Gasteiger partial charge in [-0.2, -0.15) is 0 Å². The van der Waals surface area contributed by atoms with Crippen molar-refractivity contribution in [2.75, 3.05) is 19.4 Å². The molecule has 4 rings (SSSR count). The number of carbonyl (C=O) groups excluding carboxylic acids is 3. The molecule has 40 heavy (non-hydrogen) atoms. The molecule has 2 amide bonds. The van der Waals surface area contributed by atoms with Gasteiger partial charge in [0.2, 0.25) is 5.91 Å². The van der Waals surface area contributed by atoms with Gasteiger partial charge in [0.25, 0.3) is 11.5 Å². The van der Waals surface area contributed by atoms with E-state index in [1.165, 1.54) is 41.9 Å². The minimum Gasteiger partial charge on any atom is -0.355 e. The Labute approximate surface area is 230 Å². The second kappa shape index (κ2) is 12.3. The molecule has 0 aliphatic rings. The number of ketones is 1. The molecule has 3 aromatic carbocycles. The van der Waals surface area contributed by atoms with Crippen molar-refractivity contribution in [3.05, 3.63) is 123 Å². The van der Waals surface area contributed by atoms with Crippen molar-refractivity contribution in [3.8, 4) is 11.3 Å². The van der Waals surface area contributed by atoms with Gasteiger partial charge in [0.05, 0.1) is 18.3 Å².